The second kappa shape index (κ2) is 7.54. The van der Waals surface area contributed by atoms with Crippen LogP contribution in [0.2, 0.25) is 0 Å². The lowest BCUT2D eigenvalue weighted by Crippen LogP contribution is -2.14. The molecule has 0 heterocycles. The van der Waals surface area contributed by atoms with Crippen molar-refractivity contribution in [2.75, 3.05) is 5.32 Å². The highest BCUT2D eigenvalue weighted by molar-refractivity contribution is 5.91. The molecular formula is C17H17F2NO2. The van der Waals surface area contributed by atoms with E-state index in [4.69, 9.17) is 0 Å². The Morgan fingerprint density at radius 1 is 1.09 bits per heavy atom. The van der Waals surface area contributed by atoms with Gasteiger partial charge in [-0.25, -0.2) is 0 Å². The van der Waals surface area contributed by atoms with Crippen LogP contribution < -0.4 is 10.1 Å². The number of ether oxygens (including phenoxy) is 1. The van der Waals surface area contributed by atoms with E-state index < -0.39 is 6.61 Å². The lowest BCUT2D eigenvalue weighted by atomic mass is 9.97. The SMILES string of the molecule is C[C@H](CC(=O)Nc1ccc(OC(F)F)cc1)c1ccccc1. The molecule has 0 saturated carbocycles. The van der Waals surface area contributed by atoms with E-state index in [0.29, 0.717) is 12.1 Å². The molecule has 22 heavy (non-hydrogen) atoms. The van der Waals surface area contributed by atoms with Crippen LogP contribution in [0.3, 0.4) is 0 Å². The molecule has 0 aliphatic heterocycles. The Hall–Kier alpha value is -2.43. The second-order valence-electron chi connectivity index (χ2n) is 4.97. The molecule has 0 aromatic heterocycles. The van der Waals surface area contributed by atoms with Crippen molar-refractivity contribution in [3.8, 4) is 5.75 Å². The van der Waals surface area contributed by atoms with Crippen LogP contribution in [0.1, 0.15) is 24.8 Å². The Labute approximate surface area is 127 Å². The van der Waals surface area contributed by atoms with Gasteiger partial charge < -0.3 is 10.1 Å². The van der Waals surface area contributed by atoms with Crippen LogP contribution in [0, 0.1) is 0 Å². The summed E-state index contributed by atoms with van der Waals surface area (Å²) < 4.78 is 28.3. The van der Waals surface area contributed by atoms with Crippen LogP contribution in [0.5, 0.6) is 5.75 Å². The molecule has 2 aromatic rings. The van der Waals surface area contributed by atoms with Gasteiger partial charge in [0.25, 0.3) is 0 Å². The summed E-state index contributed by atoms with van der Waals surface area (Å²) in [5.41, 5.74) is 1.64. The summed E-state index contributed by atoms with van der Waals surface area (Å²) in [7, 11) is 0. The number of benzene rings is 2. The topological polar surface area (TPSA) is 38.3 Å². The monoisotopic (exact) mass is 305 g/mol. The molecule has 1 amide bonds. The number of rotatable bonds is 6. The van der Waals surface area contributed by atoms with Crippen molar-refractivity contribution in [1.82, 2.24) is 0 Å². The van der Waals surface area contributed by atoms with Gasteiger partial charge in [-0.1, -0.05) is 37.3 Å². The van der Waals surface area contributed by atoms with Crippen molar-refractivity contribution < 1.29 is 18.3 Å². The molecule has 3 nitrogen and oxygen atoms in total. The first kappa shape index (κ1) is 15.9. The highest BCUT2D eigenvalue weighted by Gasteiger charge is 2.11. The summed E-state index contributed by atoms with van der Waals surface area (Å²) >= 11 is 0. The van der Waals surface area contributed by atoms with E-state index in [9.17, 15) is 13.6 Å². The third-order valence-corrected chi connectivity index (χ3v) is 3.22. The van der Waals surface area contributed by atoms with Crippen molar-refractivity contribution >= 4 is 11.6 Å². The number of amides is 1. The Morgan fingerprint density at radius 3 is 2.32 bits per heavy atom. The van der Waals surface area contributed by atoms with Crippen LogP contribution >= 0.6 is 0 Å². The van der Waals surface area contributed by atoms with Gasteiger partial charge in [-0.3, -0.25) is 4.79 Å². The largest absolute Gasteiger partial charge is 0.435 e. The molecule has 0 aliphatic carbocycles. The van der Waals surface area contributed by atoms with Gasteiger partial charge in [0.05, 0.1) is 0 Å². The predicted molar refractivity (Wildman–Crippen MR) is 81.2 cm³/mol. The smallest absolute Gasteiger partial charge is 0.387 e. The molecule has 2 aromatic carbocycles. The van der Waals surface area contributed by atoms with Gasteiger partial charge in [0.1, 0.15) is 5.75 Å². The van der Waals surface area contributed by atoms with Crippen molar-refractivity contribution in [2.45, 2.75) is 25.9 Å². The quantitative estimate of drug-likeness (QED) is 0.858. The number of carbonyl (C=O) groups is 1. The molecule has 2 rings (SSSR count). The molecule has 5 heteroatoms. The first-order valence-electron chi connectivity index (χ1n) is 6.94. The zero-order valence-corrected chi connectivity index (χ0v) is 12.1. The number of hydrogen-bond donors (Lipinski definition) is 1. The highest BCUT2D eigenvalue weighted by Crippen LogP contribution is 2.21. The Bertz CT molecular complexity index is 600. The summed E-state index contributed by atoms with van der Waals surface area (Å²) in [5, 5.41) is 2.74. The maximum absolute atomic E-state index is 12.0. The van der Waals surface area contributed by atoms with Gasteiger partial charge in [0, 0.05) is 12.1 Å². The average Bonchev–Trinajstić information content (AvgIpc) is 2.49. The Balaban J connectivity index is 1.89. The number of hydrogen-bond acceptors (Lipinski definition) is 2. The molecular weight excluding hydrogens is 288 g/mol. The highest BCUT2D eigenvalue weighted by atomic mass is 19.3. The third-order valence-electron chi connectivity index (χ3n) is 3.22. The van der Waals surface area contributed by atoms with E-state index in [1.54, 1.807) is 0 Å². The van der Waals surface area contributed by atoms with Crippen LogP contribution in [0.4, 0.5) is 14.5 Å². The van der Waals surface area contributed by atoms with E-state index in [-0.39, 0.29) is 17.6 Å². The fraction of sp³-hybridized carbons (Fsp3) is 0.235. The van der Waals surface area contributed by atoms with Crippen molar-refractivity contribution in [2.24, 2.45) is 0 Å². The number of halogens is 2. The first-order chi connectivity index (χ1) is 10.5. The van der Waals surface area contributed by atoms with Gasteiger partial charge in [0.2, 0.25) is 5.91 Å². The van der Waals surface area contributed by atoms with Crippen LogP contribution in [-0.4, -0.2) is 12.5 Å². The molecule has 0 fully saturated rings. The number of nitrogens with one attached hydrogen (secondary N) is 1. The summed E-state index contributed by atoms with van der Waals surface area (Å²) in [6.07, 6.45) is 0.347. The van der Waals surface area contributed by atoms with Gasteiger partial charge in [0.15, 0.2) is 0 Å². The fourth-order valence-corrected chi connectivity index (χ4v) is 2.11. The molecule has 1 atom stereocenters. The maximum atomic E-state index is 12.0. The van der Waals surface area contributed by atoms with Crippen LogP contribution in [0.25, 0.3) is 0 Å². The molecule has 0 spiro atoms. The molecule has 1 N–H and O–H groups in total. The van der Waals surface area contributed by atoms with Gasteiger partial charge >= 0.3 is 6.61 Å². The number of anilines is 1. The van der Waals surface area contributed by atoms with Crippen LogP contribution in [-0.2, 0) is 4.79 Å². The van der Waals surface area contributed by atoms with E-state index in [1.165, 1.54) is 24.3 Å². The van der Waals surface area contributed by atoms with Crippen molar-refractivity contribution in [1.29, 1.82) is 0 Å². The van der Waals surface area contributed by atoms with Crippen molar-refractivity contribution in [3.05, 3.63) is 60.2 Å². The number of alkyl halides is 2. The Morgan fingerprint density at radius 2 is 1.73 bits per heavy atom. The lowest BCUT2D eigenvalue weighted by molar-refractivity contribution is -0.116. The maximum Gasteiger partial charge on any atom is 0.387 e. The minimum atomic E-state index is -2.85. The molecule has 0 radical (unpaired) electrons. The van der Waals surface area contributed by atoms with E-state index in [2.05, 4.69) is 10.1 Å². The zero-order chi connectivity index (χ0) is 15.9. The molecule has 0 bridgehead atoms. The summed E-state index contributed by atoms with van der Waals surface area (Å²) in [4.78, 5) is 12.0. The summed E-state index contributed by atoms with van der Waals surface area (Å²) in [6.45, 7) is -0.874. The molecule has 0 unspecified atom stereocenters. The van der Waals surface area contributed by atoms with E-state index in [0.717, 1.165) is 5.56 Å². The molecule has 116 valence electrons. The van der Waals surface area contributed by atoms with E-state index in [1.807, 2.05) is 37.3 Å². The fourth-order valence-electron chi connectivity index (χ4n) is 2.11. The van der Waals surface area contributed by atoms with E-state index >= 15 is 0 Å². The second-order valence-corrected chi connectivity index (χ2v) is 4.97. The standard InChI is InChI=1S/C17H17F2NO2/c1-12(13-5-3-2-4-6-13)11-16(21)20-14-7-9-15(10-8-14)22-17(18)19/h2-10,12,17H,11H2,1H3,(H,20,21)/t12-/m1/s1. The lowest BCUT2D eigenvalue weighted by Gasteiger charge is -2.12. The zero-order valence-electron chi connectivity index (χ0n) is 12.1. The average molecular weight is 305 g/mol. The van der Waals surface area contributed by atoms with Gasteiger partial charge in [-0.05, 0) is 35.7 Å². The Kier molecular flexibility index (Phi) is 5.47. The summed E-state index contributed by atoms with van der Waals surface area (Å²) in [6, 6.07) is 15.6. The van der Waals surface area contributed by atoms with Crippen molar-refractivity contribution in [3.63, 3.8) is 0 Å². The predicted octanol–water partition coefficient (Wildman–Crippen LogP) is 4.42. The third kappa shape index (κ3) is 4.84. The number of carbonyl (C=O) groups excluding carboxylic acids is 1. The first-order valence-corrected chi connectivity index (χ1v) is 6.94. The minimum absolute atomic E-state index is 0.0608. The van der Waals surface area contributed by atoms with Gasteiger partial charge in [-0.15, -0.1) is 0 Å². The van der Waals surface area contributed by atoms with Gasteiger partial charge in [-0.2, -0.15) is 8.78 Å². The normalized spacial score (nSPS) is 12.0. The van der Waals surface area contributed by atoms with Crippen LogP contribution in [0.15, 0.2) is 54.6 Å². The summed E-state index contributed by atoms with van der Waals surface area (Å²) in [5.74, 6) is 0.0344. The molecule has 0 saturated heterocycles. The molecule has 0 aliphatic rings. The minimum Gasteiger partial charge on any atom is -0.435 e.